The molecule has 170 valence electrons. The third kappa shape index (κ3) is 8.69. The molecule has 1 fully saturated rings. The second-order valence-electron chi connectivity index (χ2n) is 8.03. The fourth-order valence-electron chi connectivity index (χ4n) is 3.27. The van der Waals surface area contributed by atoms with Crippen LogP contribution in [0, 0.1) is 12.3 Å². The van der Waals surface area contributed by atoms with Crippen molar-refractivity contribution in [3.05, 3.63) is 0 Å². The predicted octanol–water partition coefficient (Wildman–Crippen LogP) is 1.03. The van der Waals surface area contributed by atoms with Gasteiger partial charge in [0, 0.05) is 20.8 Å². The van der Waals surface area contributed by atoms with Gasteiger partial charge in [-0.15, -0.1) is 6.42 Å². The first-order valence-electron chi connectivity index (χ1n) is 10.0. The summed E-state index contributed by atoms with van der Waals surface area (Å²) in [5.74, 6) is 0.895. The first kappa shape index (κ1) is 25.9. The summed E-state index contributed by atoms with van der Waals surface area (Å²) in [6.07, 6.45) is 2.34. The number of rotatable bonds is 10. The summed E-state index contributed by atoms with van der Waals surface area (Å²) < 4.78 is 28.3. The number of terminal acetylenes is 1. The molecule has 1 unspecified atom stereocenters. The Bertz CT molecular complexity index is 641. The van der Waals surface area contributed by atoms with E-state index in [9.17, 15) is 14.4 Å². The first-order valence-corrected chi connectivity index (χ1v) is 10.0. The maximum Gasteiger partial charge on any atom is 0.303 e. The number of hydrogen-bond donors (Lipinski definition) is 0. The molecule has 1 aliphatic heterocycles. The summed E-state index contributed by atoms with van der Waals surface area (Å²) in [6.45, 7) is 7.23. The maximum atomic E-state index is 11.6. The Morgan fingerprint density at radius 1 is 0.933 bits per heavy atom. The SMILES string of the molecule is C#CC[N+](C)(C)CCCCOC1O[C@@H](C)[C@@H](OC(C)=O)[C@@H](OC(C)=O)[C@@H]1OC(C)=O. The van der Waals surface area contributed by atoms with Crippen molar-refractivity contribution in [2.24, 2.45) is 0 Å². The molecule has 9 nitrogen and oxygen atoms in total. The highest BCUT2D eigenvalue weighted by Gasteiger charge is 2.50. The molecular formula is C21H34NO8+. The zero-order valence-corrected chi connectivity index (χ0v) is 18.7. The number of ether oxygens (including phenoxy) is 5. The van der Waals surface area contributed by atoms with E-state index in [1.165, 1.54) is 20.8 Å². The van der Waals surface area contributed by atoms with Gasteiger partial charge in [0.1, 0.15) is 6.54 Å². The van der Waals surface area contributed by atoms with Gasteiger partial charge in [0.25, 0.3) is 0 Å². The van der Waals surface area contributed by atoms with Gasteiger partial charge in [-0.25, -0.2) is 0 Å². The van der Waals surface area contributed by atoms with E-state index in [0.29, 0.717) is 17.6 Å². The fourth-order valence-corrected chi connectivity index (χ4v) is 3.27. The van der Waals surface area contributed by atoms with Gasteiger partial charge in [-0.1, -0.05) is 0 Å². The quantitative estimate of drug-likeness (QED) is 0.167. The number of quaternary nitrogens is 1. The van der Waals surface area contributed by atoms with E-state index >= 15 is 0 Å². The Labute approximate surface area is 178 Å². The molecule has 0 saturated carbocycles. The molecule has 1 heterocycles. The van der Waals surface area contributed by atoms with E-state index in [1.807, 2.05) is 0 Å². The van der Waals surface area contributed by atoms with Crippen LogP contribution in [0.1, 0.15) is 40.5 Å². The molecular weight excluding hydrogens is 394 g/mol. The molecule has 0 amide bonds. The minimum absolute atomic E-state index is 0.343. The van der Waals surface area contributed by atoms with Crippen molar-refractivity contribution in [2.75, 3.05) is 33.8 Å². The van der Waals surface area contributed by atoms with Crippen LogP contribution in [0.25, 0.3) is 0 Å². The number of hydrogen-bond acceptors (Lipinski definition) is 8. The second-order valence-corrected chi connectivity index (χ2v) is 8.03. The van der Waals surface area contributed by atoms with E-state index in [0.717, 1.165) is 19.4 Å². The van der Waals surface area contributed by atoms with E-state index in [2.05, 4.69) is 20.0 Å². The summed E-state index contributed by atoms with van der Waals surface area (Å²) in [4.78, 5) is 34.8. The Balaban J connectivity index is 2.82. The Hall–Kier alpha value is -2.15. The number of nitrogens with zero attached hydrogens (tertiary/aromatic N) is 1. The molecule has 1 rings (SSSR count). The molecule has 0 spiro atoms. The van der Waals surface area contributed by atoms with Crippen LogP contribution in [0.15, 0.2) is 0 Å². The lowest BCUT2D eigenvalue weighted by atomic mass is 9.99. The number of esters is 3. The lowest BCUT2D eigenvalue weighted by molar-refractivity contribution is -0.883. The lowest BCUT2D eigenvalue weighted by Gasteiger charge is -2.43. The average molecular weight is 429 g/mol. The molecule has 9 heteroatoms. The van der Waals surface area contributed by atoms with Gasteiger partial charge in [0.2, 0.25) is 0 Å². The summed E-state index contributed by atoms with van der Waals surface area (Å²) in [5.41, 5.74) is 0. The highest BCUT2D eigenvalue weighted by Crippen LogP contribution is 2.29. The van der Waals surface area contributed by atoms with Crippen molar-refractivity contribution in [3.63, 3.8) is 0 Å². The fraction of sp³-hybridized carbons (Fsp3) is 0.762. The summed E-state index contributed by atoms with van der Waals surface area (Å²) in [7, 11) is 4.12. The van der Waals surface area contributed by atoms with Crippen molar-refractivity contribution < 1.29 is 42.6 Å². The van der Waals surface area contributed by atoms with Crippen molar-refractivity contribution in [3.8, 4) is 12.3 Å². The molecule has 0 N–H and O–H groups in total. The molecule has 0 aromatic carbocycles. The minimum atomic E-state index is -1.07. The Morgan fingerprint density at radius 2 is 1.47 bits per heavy atom. The maximum absolute atomic E-state index is 11.6. The third-order valence-corrected chi connectivity index (χ3v) is 4.59. The summed E-state index contributed by atoms with van der Waals surface area (Å²) in [6, 6.07) is 0. The number of carbonyl (C=O) groups is 3. The van der Waals surface area contributed by atoms with Crippen molar-refractivity contribution in [1.29, 1.82) is 0 Å². The van der Waals surface area contributed by atoms with Gasteiger partial charge in [0.15, 0.2) is 24.6 Å². The molecule has 1 saturated heterocycles. The van der Waals surface area contributed by atoms with Crippen LogP contribution >= 0.6 is 0 Å². The van der Waals surface area contributed by atoms with Gasteiger partial charge < -0.3 is 28.2 Å². The monoisotopic (exact) mass is 428 g/mol. The van der Waals surface area contributed by atoms with Gasteiger partial charge in [-0.3, -0.25) is 14.4 Å². The largest absolute Gasteiger partial charge is 0.456 e. The van der Waals surface area contributed by atoms with Gasteiger partial charge in [-0.2, -0.15) is 0 Å². The van der Waals surface area contributed by atoms with Gasteiger partial charge in [-0.05, 0) is 25.7 Å². The van der Waals surface area contributed by atoms with Gasteiger partial charge in [0.05, 0.1) is 33.4 Å². The summed E-state index contributed by atoms with van der Waals surface area (Å²) >= 11 is 0. The van der Waals surface area contributed by atoms with Crippen LogP contribution in [-0.4, -0.2) is 86.9 Å². The van der Waals surface area contributed by atoms with Crippen LogP contribution in [-0.2, 0) is 38.1 Å². The van der Waals surface area contributed by atoms with Crippen LogP contribution < -0.4 is 0 Å². The van der Waals surface area contributed by atoms with E-state index in [-0.39, 0.29) is 0 Å². The third-order valence-electron chi connectivity index (χ3n) is 4.59. The normalized spacial score (nSPS) is 26.4. The zero-order valence-electron chi connectivity index (χ0n) is 18.7. The lowest BCUT2D eigenvalue weighted by Crippen LogP contribution is -2.61. The molecule has 5 atom stereocenters. The predicted molar refractivity (Wildman–Crippen MR) is 107 cm³/mol. The zero-order chi connectivity index (χ0) is 22.9. The van der Waals surface area contributed by atoms with Crippen molar-refractivity contribution >= 4 is 17.9 Å². The van der Waals surface area contributed by atoms with Crippen LogP contribution in [0.4, 0.5) is 0 Å². The standard InChI is InChI=1S/C21H34NO8/c1-8-11-22(6,7)12-9-10-13-26-21-20(30-17(5)25)19(29-16(4)24)18(14(2)27-21)28-15(3)23/h1,14,18-21H,9-13H2,2-7H3/q+1/t14-,18+,19+,20-,21?/m0/s1. The Morgan fingerprint density at radius 3 is 2.00 bits per heavy atom. The highest BCUT2D eigenvalue weighted by atomic mass is 16.7. The topological polar surface area (TPSA) is 97.4 Å². The van der Waals surface area contributed by atoms with E-state index in [1.54, 1.807) is 6.92 Å². The van der Waals surface area contributed by atoms with E-state index in [4.69, 9.17) is 30.1 Å². The van der Waals surface area contributed by atoms with Crippen molar-refractivity contribution in [2.45, 2.75) is 71.2 Å². The smallest absolute Gasteiger partial charge is 0.303 e. The first-order chi connectivity index (χ1) is 14.0. The molecule has 0 aromatic heterocycles. The number of unbranched alkanes of at least 4 members (excludes halogenated alkanes) is 1. The van der Waals surface area contributed by atoms with E-state index < -0.39 is 48.6 Å². The minimum Gasteiger partial charge on any atom is -0.456 e. The molecule has 0 bridgehead atoms. The molecule has 0 radical (unpaired) electrons. The molecule has 1 aliphatic rings. The number of carbonyl (C=O) groups excluding carboxylic acids is 3. The molecule has 0 aliphatic carbocycles. The average Bonchev–Trinajstić information content (AvgIpc) is 2.59. The molecule has 0 aromatic rings. The van der Waals surface area contributed by atoms with Crippen LogP contribution in [0.3, 0.4) is 0 Å². The van der Waals surface area contributed by atoms with Crippen molar-refractivity contribution in [1.82, 2.24) is 0 Å². The second kappa shape index (κ2) is 11.9. The van der Waals surface area contributed by atoms with Crippen LogP contribution in [0.2, 0.25) is 0 Å². The Kier molecular flexibility index (Phi) is 10.3. The van der Waals surface area contributed by atoms with Gasteiger partial charge >= 0.3 is 17.9 Å². The highest BCUT2D eigenvalue weighted by molar-refractivity contribution is 5.68. The summed E-state index contributed by atoms with van der Waals surface area (Å²) in [5, 5.41) is 0. The van der Waals surface area contributed by atoms with Crippen LogP contribution in [0.5, 0.6) is 0 Å². The molecule has 30 heavy (non-hydrogen) atoms.